The molecule has 4 heteroatoms. The monoisotopic (exact) mass is 244 g/mol. The number of rotatable bonds is 4. The number of nitrogens with zero attached hydrogens (tertiary/aromatic N) is 1. The standard InChI is InChI=1S/C12H24N2OS/c1-2-14(6-5-13)11-3-7-15-12(9-11)4-8-16-10-12/h11H,2-10,13H2,1H3. The highest BCUT2D eigenvalue weighted by Crippen LogP contribution is 2.39. The molecule has 0 saturated carbocycles. The van der Waals surface area contributed by atoms with E-state index in [0.717, 1.165) is 26.2 Å². The first-order chi connectivity index (χ1) is 7.79. The summed E-state index contributed by atoms with van der Waals surface area (Å²) in [5.41, 5.74) is 5.88. The lowest BCUT2D eigenvalue weighted by Gasteiger charge is -2.42. The van der Waals surface area contributed by atoms with Crippen LogP contribution in [-0.4, -0.2) is 54.3 Å². The average Bonchev–Trinajstić information content (AvgIpc) is 2.74. The summed E-state index contributed by atoms with van der Waals surface area (Å²) in [7, 11) is 0. The van der Waals surface area contributed by atoms with Gasteiger partial charge in [0.15, 0.2) is 0 Å². The van der Waals surface area contributed by atoms with Crippen molar-refractivity contribution >= 4 is 11.8 Å². The van der Waals surface area contributed by atoms with E-state index in [1.807, 2.05) is 11.8 Å². The Morgan fingerprint density at radius 3 is 3.06 bits per heavy atom. The number of hydrogen-bond donors (Lipinski definition) is 1. The van der Waals surface area contributed by atoms with Crippen LogP contribution >= 0.6 is 11.8 Å². The molecule has 0 aromatic rings. The molecule has 1 spiro atoms. The van der Waals surface area contributed by atoms with Crippen LogP contribution in [0.25, 0.3) is 0 Å². The largest absolute Gasteiger partial charge is 0.374 e. The summed E-state index contributed by atoms with van der Waals surface area (Å²) >= 11 is 2.05. The minimum atomic E-state index is 0.204. The van der Waals surface area contributed by atoms with Crippen molar-refractivity contribution in [2.75, 3.05) is 37.7 Å². The van der Waals surface area contributed by atoms with Crippen LogP contribution in [0.15, 0.2) is 0 Å². The Morgan fingerprint density at radius 2 is 2.44 bits per heavy atom. The first-order valence-corrected chi connectivity index (χ1v) is 7.61. The van der Waals surface area contributed by atoms with Gasteiger partial charge in [-0.1, -0.05) is 6.92 Å². The van der Waals surface area contributed by atoms with Gasteiger partial charge < -0.3 is 10.5 Å². The summed E-state index contributed by atoms with van der Waals surface area (Å²) < 4.78 is 6.05. The molecular weight excluding hydrogens is 220 g/mol. The molecule has 0 aliphatic carbocycles. The second-order valence-electron chi connectivity index (χ2n) is 4.90. The summed E-state index contributed by atoms with van der Waals surface area (Å²) in [6.07, 6.45) is 3.64. The van der Waals surface area contributed by atoms with Crippen molar-refractivity contribution in [2.24, 2.45) is 5.73 Å². The number of hydrogen-bond acceptors (Lipinski definition) is 4. The average molecular weight is 244 g/mol. The Kier molecular flexibility index (Phi) is 4.53. The van der Waals surface area contributed by atoms with Gasteiger partial charge in [-0.25, -0.2) is 0 Å². The van der Waals surface area contributed by atoms with Crippen molar-refractivity contribution in [2.45, 2.75) is 37.8 Å². The lowest BCUT2D eigenvalue weighted by molar-refractivity contribution is -0.0886. The molecule has 94 valence electrons. The predicted molar refractivity (Wildman–Crippen MR) is 69.9 cm³/mol. The van der Waals surface area contributed by atoms with Gasteiger partial charge in [-0.05, 0) is 31.6 Å². The molecule has 0 aromatic heterocycles. The summed E-state index contributed by atoms with van der Waals surface area (Å²) in [5, 5.41) is 0. The number of ether oxygens (including phenoxy) is 1. The summed E-state index contributed by atoms with van der Waals surface area (Å²) in [4.78, 5) is 2.53. The molecule has 2 unspecified atom stereocenters. The van der Waals surface area contributed by atoms with Crippen molar-refractivity contribution in [3.05, 3.63) is 0 Å². The lowest BCUT2D eigenvalue weighted by atomic mass is 9.89. The van der Waals surface area contributed by atoms with Crippen molar-refractivity contribution in [1.82, 2.24) is 4.90 Å². The number of nitrogens with two attached hydrogens (primary N) is 1. The Morgan fingerprint density at radius 1 is 1.56 bits per heavy atom. The molecule has 0 aromatic carbocycles. The zero-order valence-electron chi connectivity index (χ0n) is 10.3. The van der Waals surface area contributed by atoms with E-state index in [1.54, 1.807) is 0 Å². The first-order valence-electron chi connectivity index (χ1n) is 6.45. The van der Waals surface area contributed by atoms with Crippen LogP contribution in [0.4, 0.5) is 0 Å². The maximum Gasteiger partial charge on any atom is 0.0795 e. The van der Waals surface area contributed by atoms with Gasteiger partial charge in [-0.15, -0.1) is 0 Å². The second-order valence-corrected chi connectivity index (χ2v) is 6.00. The van der Waals surface area contributed by atoms with Gasteiger partial charge in [-0.2, -0.15) is 11.8 Å². The van der Waals surface area contributed by atoms with Gasteiger partial charge in [0.1, 0.15) is 0 Å². The Bertz CT molecular complexity index is 219. The third kappa shape index (κ3) is 2.73. The van der Waals surface area contributed by atoms with Crippen LogP contribution in [0, 0.1) is 0 Å². The van der Waals surface area contributed by atoms with Crippen molar-refractivity contribution in [3.8, 4) is 0 Å². The van der Waals surface area contributed by atoms with Gasteiger partial charge in [-0.3, -0.25) is 4.90 Å². The van der Waals surface area contributed by atoms with E-state index in [4.69, 9.17) is 10.5 Å². The fourth-order valence-corrected chi connectivity index (χ4v) is 4.32. The van der Waals surface area contributed by atoms with Crippen LogP contribution in [-0.2, 0) is 4.74 Å². The third-order valence-corrected chi connectivity index (χ3v) is 5.10. The van der Waals surface area contributed by atoms with Gasteiger partial charge in [0.2, 0.25) is 0 Å². The van der Waals surface area contributed by atoms with Crippen LogP contribution in [0.1, 0.15) is 26.2 Å². The second kappa shape index (κ2) is 5.71. The predicted octanol–water partition coefficient (Wildman–Crippen LogP) is 1.32. The summed E-state index contributed by atoms with van der Waals surface area (Å²) in [5.74, 6) is 2.47. The molecule has 16 heavy (non-hydrogen) atoms. The van der Waals surface area contributed by atoms with E-state index in [2.05, 4.69) is 11.8 Å². The molecule has 2 aliphatic rings. The van der Waals surface area contributed by atoms with Crippen molar-refractivity contribution < 1.29 is 4.74 Å². The van der Waals surface area contributed by atoms with Gasteiger partial charge in [0.05, 0.1) is 5.60 Å². The van der Waals surface area contributed by atoms with Crippen LogP contribution in [0.5, 0.6) is 0 Å². The highest BCUT2D eigenvalue weighted by Gasteiger charge is 2.41. The zero-order chi connectivity index (χ0) is 11.4. The van der Waals surface area contributed by atoms with Crippen molar-refractivity contribution in [3.63, 3.8) is 0 Å². The SMILES string of the molecule is CCN(CCN)C1CCOC2(CCSC2)C1. The van der Waals surface area contributed by atoms with Crippen LogP contribution in [0.3, 0.4) is 0 Å². The third-order valence-electron chi connectivity index (χ3n) is 3.87. The molecule has 2 rings (SSSR count). The highest BCUT2D eigenvalue weighted by molar-refractivity contribution is 7.99. The van der Waals surface area contributed by atoms with Crippen LogP contribution in [0.2, 0.25) is 0 Å². The Labute approximate surface area is 103 Å². The summed E-state index contributed by atoms with van der Waals surface area (Å²) in [6, 6.07) is 0.695. The van der Waals surface area contributed by atoms with Crippen LogP contribution < -0.4 is 5.73 Å². The molecule has 2 atom stereocenters. The molecular formula is C12H24N2OS. The zero-order valence-corrected chi connectivity index (χ0v) is 11.1. The van der Waals surface area contributed by atoms with E-state index < -0.39 is 0 Å². The maximum atomic E-state index is 6.05. The lowest BCUT2D eigenvalue weighted by Crippen LogP contribution is -2.50. The molecule has 3 nitrogen and oxygen atoms in total. The minimum absolute atomic E-state index is 0.204. The smallest absolute Gasteiger partial charge is 0.0795 e. The quantitative estimate of drug-likeness (QED) is 0.809. The molecule has 2 N–H and O–H groups in total. The normalized spacial score (nSPS) is 35.1. The minimum Gasteiger partial charge on any atom is -0.374 e. The van der Waals surface area contributed by atoms with Gasteiger partial charge in [0, 0.05) is 31.5 Å². The van der Waals surface area contributed by atoms with E-state index in [1.165, 1.54) is 30.8 Å². The number of likely N-dealkylation sites (N-methyl/N-ethyl adjacent to an activating group) is 1. The molecule has 0 amide bonds. The van der Waals surface area contributed by atoms with E-state index in [9.17, 15) is 0 Å². The van der Waals surface area contributed by atoms with E-state index in [-0.39, 0.29) is 5.60 Å². The molecule has 2 fully saturated rings. The number of thioether (sulfide) groups is 1. The first kappa shape index (κ1) is 12.7. The van der Waals surface area contributed by atoms with E-state index >= 15 is 0 Å². The summed E-state index contributed by atoms with van der Waals surface area (Å²) in [6.45, 7) is 6.09. The molecule has 0 radical (unpaired) electrons. The van der Waals surface area contributed by atoms with Gasteiger partial charge in [0.25, 0.3) is 0 Å². The fourth-order valence-electron chi connectivity index (χ4n) is 2.94. The maximum absolute atomic E-state index is 6.05. The molecule has 0 bridgehead atoms. The fraction of sp³-hybridized carbons (Fsp3) is 1.00. The van der Waals surface area contributed by atoms with Crippen molar-refractivity contribution in [1.29, 1.82) is 0 Å². The highest BCUT2D eigenvalue weighted by atomic mass is 32.2. The Balaban J connectivity index is 1.94. The van der Waals surface area contributed by atoms with E-state index in [0.29, 0.717) is 6.04 Å². The molecule has 2 aliphatic heterocycles. The Hall–Kier alpha value is 0.230. The topological polar surface area (TPSA) is 38.5 Å². The molecule has 2 saturated heterocycles. The molecule has 2 heterocycles. The van der Waals surface area contributed by atoms with Gasteiger partial charge >= 0.3 is 0 Å².